The van der Waals surface area contributed by atoms with E-state index >= 15 is 0 Å². The zero-order chi connectivity index (χ0) is 12.3. The van der Waals surface area contributed by atoms with Crippen LogP contribution in [0.3, 0.4) is 0 Å². The first-order chi connectivity index (χ1) is 7.49. The van der Waals surface area contributed by atoms with Gasteiger partial charge in [0.25, 0.3) is 0 Å². The third-order valence-corrected chi connectivity index (χ3v) is 4.25. The lowest BCUT2D eigenvalue weighted by atomic mass is 10.0. The number of ether oxygens (including phenoxy) is 1. The molecule has 1 rings (SSSR count). The summed E-state index contributed by atoms with van der Waals surface area (Å²) in [5.74, 6) is 1.33. The van der Waals surface area contributed by atoms with E-state index in [-0.39, 0.29) is 17.9 Å². The SMILES string of the molecule is COC[C@@H](C)C(=O)N1C(=S)SC[C@@H]1C(C)C. The molecule has 0 aliphatic carbocycles. The number of carbonyl (C=O) groups excluding carboxylic acids is 1. The summed E-state index contributed by atoms with van der Waals surface area (Å²) in [6.07, 6.45) is 0. The number of nitrogens with zero attached hydrogens (tertiary/aromatic N) is 1. The van der Waals surface area contributed by atoms with Crippen LogP contribution in [0.2, 0.25) is 0 Å². The predicted molar refractivity (Wildman–Crippen MR) is 71.6 cm³/mol. The Bertz CT molecular complexity index is 281. The van der Waals surface area contributed by atoms with Crippen LogP contribution >= 0.6 is 24.0 Å². The smallest absolute Gasteiger partial charge is 0.233 e. The number of carbonyl (C=O) groups is 1. The minimum atomic E-state index is -0.122. The Morgan fingerprint density at radius 1 is 1.62 bits per heavy atom. The fourth-order valence-electron chi connectivity index (χ4n) is 1.74. The third kappa shape index (κ3) is 2.96. The Morgan fingerprint density at radius 2 is 2.25 bits per heavy atom. The van der Waals surface area contributed by atoms with E-state index < -0.39 is 0 Å². The molecular weight excluding hydrogens is 242 g/mol. The Labute approximate surface area is 107 Å². The highest BCUT2D eigenvalue weighted by Gasteiger charge is 2.37. The van der Waals surface area contributed by atoms with Gasteiger partial charge in [-0.15, -0.1) is 0 Å². The molecule has 0 saturated carbocycles. The zero-order valence-electron chi connectivity index (χ0n) is 10.2. The molecule has 0 aromatic carbocycles. The van der Waals surface area contributed by atoms with Gasteiger partial charge in [-0.1, -0.05) is 44.8 Å². The molecule has 1 aliphatic rings. The average Bonchev–Trinajstić information content (AvgIpc) is 2.59. The minimum absolute atomic E-state index is 0.0931. The van der Waals surface area contributed by atoms with Crippen molar-refractivity contribution >= 4 is 34.2 Å². The van der Waals surface area contributed by atoms with Gasteiger partial charge in [0.1, 0.15) is 4.32 Å². The van der Waals surface area contributed by atoms with Gasteiger partial charge in [-0.3, -0.25) is 9.69 Å². The summed E-state index contributed by atoms with van der Waals surface area (Å²) in [4.78, 5) is 14.0. The van der Waals surface area contributed by atoms with Gasteiger partial charge in [0.05, 0.1) is 12.5 Å². The molecule has 1 saturated heterocycles. The first-order valence-corrected chi connectivity index (χ1v) is 6.87. The summed E-state index contributed by atoms with van der Waals surface area (Å²) in [5.41, 5.74) is 0. The third-order valence-electron chi connectivity index (χ3n) is 2.75. The van der Waals surface area contributed by atoms with Crippen LogP contribution in [0.4, 0.5) is 0 Å². The maximum Gasteiger partial charge on any atom is 0.233 e. The van der Waals surface area contributed by atoms with Gasteiger partial charge in [-0.2, -0.15) is 0 Å². The molecule has 1 fully saturated rings. The van der Waals surface area contributed by atoms with Crippen LogP contribution in [0, 0.1) is 11.8 Å². The lowest BCUT2D eigenvalue weighted by Gasteiger charge is -2.28. The highest BCUT2D eigenvalue weighted by Crippen LogP contribution is 2.30. The highest BCUT2D eigenvalue weighted by molar-refractivity contribution is 8.23. The summed E-state index contributed by atoms with van der Waals surface area (Å²) >= 11 is 6.85. The molecule has 0 bridgehead atoms. The van der Waals surface area contributed by atoms with Crippen molar-refractivity contribution in [1.29, 1.82) is 0 Å². The Morgan fingerprint density at radius 3 is 2.75 bits per heavy atom. The van der Waals surface area contributed by atoms with E-state index in [0.29, 0.717) is 16.8 Å². The van der Waals surface area contributed by atoms with E-state index in [4.69, 9.17) is 17.0 Å². The van der Waals surface area contributed by atoms with E-state index in [1.807, 2.05) is 6.92 Å². The largest absolute Gasteiger partial charge is 0.384 e. The van der Waals surface area contributed by atoms with E-state index in [1.165, 1.54) is 0 Å². The number of amides is 1. The van der Waals surface area contributed by atoms with Crippen LogP contribution in [0.25, 0.3) is 0 Å². The van der Waals surface area contributed by atoms with Crippen molar-refractivity contribution in [2.24, 2.45) is 11.8 Å². The molecule has 3 nitrogen and oxygen atoms in total. The second kappa shape index (κ2) is 5.98. The van der Waals surface area contributed by atoms with Crippen LogP contribution in [-0.2, 0) is 9.53 Å². The van der Waals surface area contributed by atoms with Gasteiger partial charge >= 0.3 is 0 Å². The molecule has 1 amide bonds. The highest BCUT2D eigenvalue weighted by atomic mass is 32.2. The van der Waals surface area contributed by atoms with Gasteiger partial charge in [-0.05, 0) is 5.92 Å². The monoisotopic (exact) mass is 261 g/mol. The zero-order valence-corrected chi connectivity index (χ0v) is 11.9. The van der Waals surface area contributed by atoms with Crippen molar-refractivity contribution in [3.05, 3.63) is 0 Å². The summed E-state index contributed by atoms with van der Waals surface area (Å²) in [6.45, 7) is 6.59. The van der Waals surface area contributed by atoms with E-state index in [2.05, 4.69) is 13.8 Å². The standard InChI is InChI=1S/C11H19NO2S2/c1-7(2)9-6-16-11(15)12(9)10(13)8(3)5-14-4/h7-9H,5-6H2,1-4H3/t8-,9-/m1/s1. The van der Waals surface area contributed by atoms with Crippen molar-refractivity contribution in [3.63, 3.8) is 0 Å². The number of thioether (sulfide) groups is 1. The summed E-state index contributed by atoms with van der Waals surface area (Å²) in [5, 5.41) is 0. The summed E-state index contributed by atoms with van der Waals surface area (Å²) < 4.78 is 5.73. The Kier molecular flexibility index (Phi) is 5.21. The van der Waals surface area contributed by atoms with E-state index in [9.17, 15) is 4.79 Å². The first kappa shape index (κ1) is 13.9. The van der Waals surface area contributed by atoms with Crippen LogP contribution in [0.5, 0.6) is 0 Å². The molecule has 0 unspecified atom stereocenters. The average molecular weight is 261 g/mol. The quantitative estimate of drug-likeness (QED) is 0.725. The fourth-order valence-corrected chi connectivity index (χ4v) is 3.38. The van der Waals surface area contributed by atoms with Crippen molar-refractivity contribution in [2.45, 2.75) is 26.8 Å². The summed E-state index contributed by atoms with van der Waals surface area (Å²) in [6, 6.07) is 0.240. The molecule has 1 heterocycles. The van der Waals surface area contributed by atoms with E-state index in [0.717, 1.165) is 5.75 Å². The second-order valence-electron chi connectivity index (χ2n) is 4.45. The number of methoxy groups -OCH3 is 1. The molecule has 0 aromatic heterocycles. The van der Waals surface area contributed by atoms with Crippen molar-refractivity contribution in [2.75, 3.05) is 19.5 Å². The molecule has 1 aliphatic heterocycles. The molecule has 5 heteroatoms. The second-order valence-corrected chi connectivity index (χ2v) is 6.11. The van der Waals surface area contributed by atoms with Crippen LogP contribution < -0.4 is 0 Å². The van der Waals surface area contributed by atoms with Gasteiger partial charge in [-0.25, -0.2) is 0 Å². The lowest BCUT2D eigenvalue weighted by Crippen LogP contribution is -2.44. The predicted octanol–water partition coefficient (Wildman–Crippen LogP) is 2.15. The maximum absolute atomic E-state index is 12.2. The van der Waals surface area contributed by atoms with Crippen LogP contribution in [0.15, 0.2) is 0 Å². The molecule has 0 aromatic rings. The molecule has 92 valence electrons. The Hall–Kier alpha value is -0.130. The maximum atomic E-state index is 12.2. The van der Waals surface area contributed by atoms with Gasteiger partial charge in [0.15, 0.2) is 0 Å². The van der Waals surface area contributed by atoms with Crippen molar-refractivity contribution < 1.29 is 9.53 Å². The number of thiocarbonyl (C=S) groups is 1. The Balaban J connectivity index is 2.75. The van der Waals surface area contributed by atoms with Crippen LogP contribution in [-0.4, -0.2) is 40.6 Å². The van der Waals surface area contributed by atoms with Gasteiger partial charge in [0.2, 0.25) is 5.91 Å². The molecule has 2 atom stereocenters. The van der Waals surface area contributed by atoms with Gasteiger partial charge in [0, 0.05) is 18.9 Å². The summed E-state index contributed by atoms with van der Waals surface area (Å²) in [7, 11) is 1.61. The number of rotatable bonds is 4. The van der Waals surface area contributed by atoms with Crippen molar-refractivity contribution in [3.8, 4) is 0 Å². The topological polar surface area (TPSA) is 29.5 Å². The van der Waals surface area contributed by atoms with Crippen LogP contribution in [0.1, 0.15) is 20.8 Å². The number of hydrogen-bond donors (Lipinski definition) is 0. The molecule has 0 spiro atoms. The van der Waals surface area contributed by atoms with E-state index in [1.54, 1.807) is 23.8 Å². The lowest BCUT2D eigenvalue weighted by molar-refractivity contribution is -0.134. The van der Waals surface area contributed by atoms with Crippen molar-refractivity contribution in [1.82, 2.24) is 4.90 Å². The normalized spacial score (nSPS) is 22.9. The first-order valence-electron chi connectivity index (χ1n) is 5.47. The molecular formula is C11H19NO2S2. The van der Waals surface area contributed by atoms with Gasteiger partial charge < -0.3 is 4.74 Å². The molecule has 0 N–H and O–H groups in total. The number of hydrogen-bond acceptors (Lipinski definition) is 4. The minimum Gasteiger partial charge on any atom is -0.384 e. The molecule has 0 radical (unpaired) electrons. The molecule has 16 heavy (non-hydrogen) atoms. The fraction of sp³-hybridized carbons (Fsp3) is 0.818.